The Morgan fingerprint density at radius 3 is 1.33 bits per heavy atom. The maximum atomic E-state index is 5.46. The smallest absolute Gasteiger partial charge is 0.240 e. The predicted octanol–water partition coefficient (Wildman–Crippen LogP) is 12.5. The number of fused-ring (bicyclic) bond motifs is 12. The Hall–Kier alpha value is -7.83. The van der Waals surface area contributed by atoms with Crippen LogP contribution >= 0.6 is 0 Å². The molecule has 0 atom stereocenters. The van der Waals surface area contributed by atoms with E-state index in [1.807, 2.05) is 0 Å². The SMILES string of the molecule is c1ccc(-c2cccc3c2c2ccccc2n3-c2nc(-c3cc4c5ccccc5n5c6ccccc6c(c3)c45)nc(-n3c4ccccc4c4ccccc43)n2)cc1. The molecule has 8 aromatic carbocycles. The molecule has 0 aliphatic rings. The molecule has 5 heterocycles. The van der Waals surface area contributed by atoms with E-state index in [0.29, 0.717) is 17.7 Å². The standard InChI is InChI=1S/C51H30N6/c1-2-15-31(16-3-1)33-22-14-28-46-47(33)38-21-8-13-27-45(38)57(46)51-53-49(52-50(54-51)56-43-25-11-4-17-34(43)35-18-5-12-26-44(35)56)32-29-39-36-19-6-9-23-41(36)55-42-24-10-7-20-37(42)40(30-32)48(39)55/h1-30H. The molecule has 57 heavy (non-hydrogen) atoms. The normalized spacial score (nSPS) is 12.2. The van der Waals surface area contributed by atoms with Crippen LogP contribution in [0.25, 0.3) is 116 Å². The molecule has 13 rings (SSSR count). The monoisotopic (exact) mass is 726 g/mol. The molecular formula is C51H30N6. The molecule has 0 saturated carbocycles. The highest BCUT2D eigenvalue weighted by atomic mass is 15.3. The number of nitrogens with zero attached hydrogens (tertiary/aromatic N) is 6. The van der Waals surface area contributed by atoms with Gasteiger partial charge in [0.05, 0.1) is 38.6 Å². The summed E-state index contributed by atoms with van der Waals surface area (Å²) in [6.45, 7) is 0. The lowest BCUT2D eigenvalue weighted by atomic mass is 9.99. The summed E-state index contributed by atoms with van der Waals surface area (Å²) in [4.78, 5) is 16.3. The summed E-state index contributed by atoms with van der Waals surface area (Å²) in [6.07, 6.45) is 0. The van der Waals surface area contributed by atoms with Gasteiger partial charge in [0.25, 0.3) is 0 Å². The second kappa shape index (κ2) is 11.4. The maximum Gasteiger partial charge on any atom is 0.240 e. The molecule has 6 heteroatoms. The molecule has 0 unspecified atom stereocenters. The molecular weight excluding hydrogens is 697 g/mol. The van der Waals surface area contributed by atoms with Crippen molar-refractivity contribution in [2.45, 2.75) is 0 Å². The van der Waals surface area contributed by atoms with Gasteiger partial charge in [0.1, 0.15) is 0 Å². The molecule has 0 aliphatic carbocycles. The van der Waals surface area contributed by atoms with E-state index in [1.165, 1.54) is 54.6 Å². The van der Waals surface area contributed by atoms with E-state index >= 15 is 0 Å². The zero-order chi connectivity index (χ0) is 37.2. The highest BCUT2D eigenvalue weighted by Gasteiger charge is 2.24. The van der Waals surface area contributed by atoms with Gasteiger partial charge in [0.2, 0.25) is 11.9 Å². The molecule has 0 aliphatic heterocycles. The van der Waals surface area contributed by atoms with Crippen LogP contribution in [0.15, 0.2) is 182 Å². The quantitative estimate of drug-likeness (QED) is 0.181. The summed E-state index contributed by atoms with van der Waals surface area (Å²) < 4.78 is 6.82. The van der Waals surface area contributed by atoms with Crippen LogP contribution in [0.2, 0.25) is 0 Å². The molecule has 0 amide bonds. The molecule has 0 saturated heterocycles. The molecule has 0 N–H and O–H groups in total. The third-order valence-corrected chi connectivity index (χ3v) is 11.8. The summed E-state index contributed by atoms with van der Waals surface area (Å²) in [5.74, 6) is 1.74. The van der Waals surface area contributed by atoms with Crippen LogP contribution in [0.5, 0.6) is 0 Å². The fourth-order valence-electron chi connectivity index (χ4n) is 9.49. The summed E-state index contributed by atoms with van der Waals surface area (Å²) in [7, 11) is 0. The van der Waals surface area contributed by atoms with E-state index in [0.717, 1.165) is 43.8 Å². The van der Waals surface area contributed by atoms with Gasteiger partial charge >= 0.3 is 0 Å². The first-order chi connectivity index (χ1) is 28.3. The van der Waals surface area contributed by atoms with Gasteiger partial charge in [-0.05, 0) is 59.7 Å². The molecule has 0 fully saturated rings. The second-order valence-corrected chi connectivity index (χ2v) is 14.8. The largest absolute Gasteiger partial charge is 0.308 e. The summed E-state index contributed by atoms with van der Waals surface area (Å²) in [5, 5.41) is 9.39. The second-order valence-electron chi connectivity index (χ2n) is 14.8. The number of rotatable bonds is 4. The fourth-order valence-corrected chi connectivity index (χ4v) is 9.49. The zero-order valence-corrected chi connectivity index (χ0v) is 30.5. The van der Waals surface area contributed by atoms with E-state index < -0.39 is 0 Å². The first-order valence-electron chi connectivity index (χ1n) is 19.3. The van der Waals surface area contributed by atoms with Crippen LogP contribution in [-0.2, 0) is 0 Å². The Bertz CT molecular complexity index is 3620. The van der Waals surface area contributed by atoms with Gasteiger partial charge in [-0.1, -0.05) is 133 Å². The minimum absolute atomic E-state index is 0.563. The van der Waals surface area contributed by atoms with Gasteiger partial charge in [-0.15, -0.1) is 0 Å². The summed E-state index contributed by atoms with van der Waals surface area (Å²) in [6, 6.07) is 64.7. The van der Waals surface area contributed by atoms with E-state index in [2.05, 4.69) is 196 Å². The number of hydrogen-bond donors (Lipinski definition) is 0. The molecule has 5 aromatic heterocycles. The van der Waals surface area contributed by atoms with Crippen LogP contribution in [0.4, 0.5) is 0 Å². The number of aromatic nitrogens is 6. The Balaban J connectivity index is 1.17. The zero-order valence-electron chi connectivity index (χ0n) is 30.5. The van der Waals surface area contributed by atoms with Gasteiger partial charge in [-0.25, -0.2) is 0 Å². The van der Waals surface area contributed by atoms with Crippen molar-refractivity contribution in [1.29, 1.82) is 0 Å². The summed E-state index contributed by atoms with van der Waals surface area (Å²) >= 11 is 0. The Morgan fingerprint density at radius 1 is 0.316 bits per heavy atom. The van der Waals surface area contributed by atoms with Crippen molar-refractivity contribution >= 4 is 81.7 Å². The first kappa shape index (κ1) is 30.5. The number of para-hydroxylation sites is 5. The lowest BCUT2D eigenvalue weighted by molar-refractivity contribution is 0.893. The Labute approximate surface area is 325 Å². The highest BCUT2D eigenvalue weighted by Crippen LogP contribution is 2.42. The highest BCUT2D eigenvalue weighted by molar-refractivity contribution is 6.24. The molecule has 0 spiro atoms. The van der Waals surface area contributed by atoms with Crippen molar-refractivity contribution in [3.05, 3.63) is 182 Å². The van der Waals surface area contributed by atoms with Gasteiger partial charge in [-0.2, -0.15) is 15.0 Å². The average molecular weight is 727 g/mol. The van der Waals surface area contributed by atoms with E-state index in [-0.39, 0.29) is 0 Å². The van der Waals surface area contributed by atoms with Crippen molar-refractivity contribution < 1.29 is 0 Å². The van der Waals surface area contributed by atoms with Crippen LogP contribution < -0.4 is 0 Å². The summed E-state index contributed by atoms with van der Waals surface area (Å²) in [5.41, 5.74) is 11.0. The van der Waals surface area contributed by atoms with Crippen molar-refractivity contribution in [3.8, 4) is 34.4 Å². The van der Waals surface area contributed by atoms with Crippen LogP contribution in [-0.4, -0.2) is 28.5 Å². The predicted molar refractivity (Wildman–Crippen MR) is 234 cm³/mol. The van der Waals surface area contributed by atoms with Crippen molar-refractivity contribution in [2.75, 3.05) is 0 Å². The molecule has 13 aromatic rings. The van der Waals surface area contributed by atoms with Crippen LogP contribution in [0, 0.1) is 0 Å². The molecule has 0 bridgehead atoms. The topological polar surface area (TPSA) is 52.9 Å². The van der Waals surface area contributed by atoms with Crippen LogP contribution in [0.3, 0.4) is 0 Å². The number of benzene rings is 8. The van der Waals surface area contributed by atoms with E-state index in [4.69, 9.17) is 15.0 Å². The van der Waals surface area contributed by atoms with Gasteiger partial charge in [0.15, 0.2) is 5.82 Å². The average Bonchev–Trinajstić information content (AvgIpc) is 4.01. The Kier molecular flexibility index (Phi) is 6.07. The van der Waals surface area contributed by atoms with Gasteiger partial charge < -0.3 is 4.40 Å². The van der Waals surface area contributed by atoms with Gasteiger partial charge in [-0.3, -0.25) is 9.13 Å². The van der Waals surface area contributed by atoms with E-state index in [1.54, 1.807) is 0 Å². The molecule has 0 radical (unpaired) electrons. The molecule has 264 valence electrons. The minimum atomic E-state index is 0.563. The minimum Gasteiger partial charge on any atom is -0.308 e. The van der Waals surface area contributed by atoms with Crippen LogP contribution in [0.1, 0.15) is 0 Å². The van der Waals surface area contributed by atoms with Crippen molar-refractivity contribution in [3.63, 3.8) is 0 Å². The third kappa shape index (κ3) is 4.16. The van der Waals surface area contributed by atoms with E-state index in [9.17, 15) is 0 Å². The fraction of sp³-hybridized carbons (Fsp3) is 0. The van der Waals surface area contributed by atoms with Gasteiger partial charge in [0, 0.05) is 48.7 Å². The first-order valence-corrected chi connectivity index (χ1v) is 19.3. The lowest BCUT2D eigenvalue weighted by Gasteiger charge is -2.13. The number of hydrogen-bond acceptors (Lipinski definition) is 3. The van der Waals surface area contributed by atoms with Crippen molar-refractivity contribution in [2.24, 2.45) is 0 Å². The third-order valence-electron chi connectivity index (χ3n) is 11.8. The van der Waals surface area contributed by atoms with Crippen molar-refractivity contribution in [1.82, 2.24) is 28.5 Å². The lowest BCUT2D eigenvalue weighted by Crippen LogP contribution is -2.10. The maximum absolute atomic E-state index is 5.46. The Morgan fingerprint density at radius 2 is 0.754 bits per heavy atom. The molecule has 6 nitrogen and oxygen atoms in total.